The van der Waals surface area contributed by atoms with Crippen molar-refractivity contribution >= 4 is 5.91 Å². The second kappa shape index (κ2) is 6.01. The molecule has 0 spiro atoms. The van der Waals surface area contributed by atoms with Gasteiger partial charge in [0.25, 0.3) is 0 Å². The molecule has 1 aromatic rings. The first kappa shape index (κ1) is 13.1. The van der Waals surface area contributed by atoms with E-state index in [2.05, 4.69) is 31.3 Å². The third kappa shape index (κ3) is 3.10. The summed E-state index contributed by atoms with van der Waals surface area (Å²) >= 11 is 0. The lowest BCUT2D eigenvalue weighted by Crippen LogP contribution is -2.59. The van der Waals surface area contributed by atoms with Crippen molar-refractivity contribution < 1.29 is 4.79 Å². The molecule has 1 N–H and O–H groups in total. The molecule has 1 aliphatic rings. The molecule has 1 heterocycles. The summed E-state index contributed by atoms with van der Waals surface area (Å²) < 4.78 is 0. The van der Waals surface area contributed by atoms with Crippen molar-refractivity contribution in [3.8, 4) is 0 Å². The molecular formula is C15H22N2O. The number of rotatable bonds is 5. The predicted molar refractivity (Wildman–Crippen MR) is 73.5 cm³/mol. The lowest BCUT2D eigenvalue weighted by molar-refractivity contribution is -0.133. The smallest absolute Gasteiger partial charge is 0.227 e. The predicted octanol–water partition coefficient (Wildman–Crippen LogP) is 1.75. The maximum absolute atomic E-state index is 12.3. The Bertz CT molecular complexity index is 413. The number of nitrogens with one attached hydrogen (secondary N) is 1. The second-order valence-corrected chi connectivity index (χ2v) is 5.07. The van der Waals surface area contributed by atoms with E-state index in [1.54, 1.807) is 0 Å². The van der Waals surface area contributed by atoms with E-state index in [0.29, 0.717) is 12.5 Å². The van der Waals surface area contributed by atoms with Crippen LogP contribution in [0.1, 0.15) is 24.5 Å². The third-order valence-electron chi connectivity index (χ3n) is 3.42. The Labute approximate surface area is 109 Å². The zero-order valence-corrected chi connectivity index (χ0v) is 11.3. The van der Waals surface area contributed by atoms with Gasteiger partial charge in [-0.3, -0.25) is 4.79 Å². The quantitative estimate of drug-likeness (QED) is 0.858. The lowest BCUT2D eigenvalue weighted by atomic mass is 10.1. The molecule has 1 aliphatic heterocycles. The van der Waals surface area contributed by atoms with Gasteiger partial charge < -0.3 is 10.2 Å². The zero-order chi connectivity index (χ0) is 13.0. The Kier molecular flexibility index (Phi) is 4.37. The molecule has 0 aromatic heterocycles. The van der Waals surface area contributed by atoms with E-state index in [1.807, 2.05) is 17.0 Å². The topological polar surface area (TPSA) is 32.3 Å². The molecule has 0 saturated carbocycles. The summed E-state index contributed by atoms with van der Waals surface area (Å²) in [6.45, 7) is 6.95. The number of aryl methyl sites for hydroxylation is 1. The van der Waals surface area contributed by atoms with Crippen molar-refractivity contribution in [2.75, 3.05) is 19.6 Å². The van der Waals surface area contributed by atoms with Gasteiger partial charge in [0.05, 0.1) is 12.5 Å². The van der Waals surface area contributed by atoms with Crippen molar-refractivity contribution in [2.24, 2.45) is 0 Å². The molecule has 1 amide bonds. The van der Waals surface area contributed by atoms with Crippen LogP contribution in [0.5, 0.6) is 0 Å². The second-order valence-electron chi connectivity index (χ2n) is 5.07. The average Bonchev–Trinajstić information content (AvgIpc) is 2.26. The summed E-state index contributed by atoms with van der Waals surface area (Å²) in [5, 5.41) is 3.23. The molecule has 0 unspecified atom stereocenters. The third-order valence-corrected chi connectivity index (χ3v) is 3.42. The van der Waals surface area contributed by atoms with Crippen LogP contribution in [-0.2, 0) is 11.2 Å². The highest BCUT2D eigenvalue weighted by Gasteiger charge is 2.27. The van der Waals surface area contributed by atoms with Crippen LogP contribution in [0.3, 0.4) is 0 Å². The van der Waals surface area contributed by atoms with E-state index in [1.165, 1.54) is 5.56 Å². The maximum Gasteiger partial charge on any atom is 0.227 e. The highest BCUT2D eigenvalue weighted by atomic mass is 16.2. The van der Waals surface area contributed by atoms with Gasteiger partial charge in [-0.15, -0.1) is 0 Å². The summed E-state index contributed by atoms with van der Waals surface area (Å²) in [5.74, 6) is 0.258. The van der Waals surface area contributed by atoms with Crippen LogP contribution >= 0.6 is 0 Å². The minimum atomic E-state index is 0.258. The molecule has 1 aromatic carbocycles. The fourth-order valence-corrected chi connectivity index (χ4v) is 2.34. The van der Waals surface area contributed by atoms with E-state index < -0.39 is 0 Å². The van der Waals surface area contributed by atoms with E-state index >= 15 is 0 Å². The van der Waals surface area contributed by atoms with Crippen LogP contribution in [-0.4, -0.2) is 36.5 Å². The van der Waals surface area contributed by atoms with Gasteiger partial charge in [-0.05, 0) is 18.9 Å². The van der Waals surface area contributed by atoms with Crippen LogP contribution in [0, 0.1) is 6.92 Å². The van der Waals surface area contributed by atoms with Crippen molar-refractivity contribution in [3.63, 3.8) is 0 Å². The largest absolute Gasteiger partial charge is 0.337 e. The normalized spacial score (nSPS) is 15.2. The summed E-state index contributed by atoms with van der Waals surface area (Å²) in [6.07, 6.45) is 1.55. The van der Waals surface area contributed by atoms with E-state index in [-0.39, 0.29) is 5.91 Å². The van der Waals surface area contributed by atoms with Gasteiger partial charge in [-0.1, -0.05) is 36.8 Å². The number of amides is 1. The SMILES string of the molecule is CCCN(C(=O)Cc1cccc(C)c1)C1CNC1. The van der Waals surface area contributed by atoms with E-state index in [4.69, 9.17) is 0 Å². The van der Waals surface area contributed by atoms with Crippen molar-refractivity contribution in [1.82, 2.24) is 10.2 Å². The van der Waals surface area contributed by atoms with Crippen molar-refractivity contribution in [2.45, 2.75) is 32.7 Å². The van der Waals surface area contributed by atoms with Gasteiger partial charge in [-0.2, -0.15) is 0 Å². The minimum Gasteiger partial charge on any atom is -0.337 e. The van der Waals surface area contributed by atoms with Crippen LogP contribution in [0.25, 0.3) is 0 Å². The highest BCUT2D eigenvalue weighted by molar-refractivity contribution is 5.79. The van der Waals surface area contributed by atoms with Crippen molar-refractivity contribution in [3.05, 3.63) is 35.4 Å². The lowest BCUT2D eigenvalue weighted by Gasteiger charge is -2.38. The van der Waals surface area contributed by atoms with Gasteiger partial charge in [0, 0.05) is 19.6 Å². The molecule has 18 heavy (non-hydrogen) atoms. The molecule has 0 bridgehead atoms. The fourth-order valence-electron chi connectivity index (χ4n) is 2.34. The monoisotopic (exact) mass is 246 g/mol. The molecule has 2 rings (SSSR count). The summed E-state index contributed by atoms with van der Waals surface area (Å²) in [4.78, 5) is 14.4. The number of nitrogens with zero attached hydrogens (tertiary/aromatic N) is 1. The van der Waals surface area contributed by atoms with Crippen LogP contribution < -0.4 is 5.32 Å². The van der Waals surface area contributed by atoms with Gasteiger partial charge in [0.2, 0.25) is 5.91 Å². The standard InChI is InChI=1S/C15H22N2O/c1-3-7-17(14-10-16-11-14)15(18)9-13-6-4-5-12(2)8-13/h4-6,8,14,16H,3,7,9-11H2,1-2H3. The summed E-state index contributed by atoms with van der Waals surface area (Å²) in [6, 6.07) is 8.62. The maximum atomic E-state index is 12.3. The van der Waals surface area contributed by atoms with Crippen LogP contribution in [0.2, 0.25) is 0 Å². The number of hydrogen-bond donors (Lipinski definition) is 1. The molecule has 98 valence electrons. The Morgan fingerprint density at radius 3 is 2.78 bits per heavy atom. The van der Waals surface area contributed by atoms with E-state index in [9.17, 15) is 4.79 Å². The molecule has 3 heteroatoms. The Morgan fingerprint density at radius 1 is 1.44 bits per heavy atom. The fraction of sp³-hybridized carbons (Fsp3) is 0.533. The van der Waals surface area contributed by atoms with Crippen LogP contribution in [0.4, 0.5) is 0 Å². The van der Waals surface area contributed by atoms with Gasteiger partial charge in [0.1, 0.15) is 0 Å². The number of benzene rings is 1. The Balaban J connectivity index is 2.00. The molecule has 0 radical (unpaired) electrons. The molecule has 0 aliphatic carbocycles. The minimum absolute atomic E-state index is 0.258. The molecule has 1 saturated heterocycles. The highest BCUT2D eigenvalue weighted by Crippen LogP contribution is 2.11. The zero-order valence-electron chi connectivity index (χ0n) is 11.3. The van der Waals surface area contributed by atoms with Gasteiger partial charge in [0.15, 0.2) is 0 Å². The first-order chi connectivity index (χ1) is 8.70. The summed E-state index contributed by atoms with van der Waals surface area (Å²) in [7, 11) is 0. The molecule has 3 nitrogen and oxygen atoms in total. The first-order valence-electron chi connectivity index (χ1n) is 6.76. The average molecular weight is 246 g/mol. The molecule has 1 fully saturated rings. The first-order valence-corrected chi connectivity index (χ1v) is 6.76. The van der Waals surface area contributed by atoms with Crippen molar-refractivity contribution in [1.29, 1.82) is 0 Å². The molecular weight excluding hydrogens is 224 g/mol. The number of carbonyl (C=O) groups is 1. The molecule has 0 atom stereocenters. The Morgan fingerprint density at radius 2 is 2.22 bits per heavy atom. The van der Waals surface area contributed by atoms with E-state index in [0.717, 1.165) is 31.6 Å². The Hall–Kier alpha value is -1.35. The number of carbonyl (C=O) groups excluding carboxylic acids is 1. The number of hydrogen-bond acceptors (Lipinski definition) is 2. The van der Waals surface area contributed by atoms with Gasteiger partial charge >= 0.3 is 0 Å². The summed E-state index contributed by atoms with van der Waals surface area (Å²) in [5.41, 5.74) is 2.33. The van der Waals surface area contributed by atoms with Gasteiger partial charge in [-0.25, -0.2) is 0 Å². The van der Waals surface area contributed by atoms with Crippen LogP contribution in [0.15, 0.2) is 24.3 Å².